The van der Waals surface area contributed by atoms with Crippen LogP contribution in [0, 0.1) is 0 Å². The molecule has 1 aliphatic heterocycles. The van der Waals surface area contributed by atoms with E-state index >= 15 is 0 Å². The number of pyridine rings is 1. The maximum absolute atomic E-state index is 4.76. The van der Waals surface area contributed by atoms with Crippen LogP contribution >= 0.6 is 24.0 Å². The van der Waals surface area contributed by atoms with Crippen LogP contribution in [0.5, 0.6) is 0 Å². The molecule has 2 aromatic heterocycles. The van der Waals surface area contributed by atoms with Gasteiger partial charge in [0.1, 0.15) is 5.82 Å². The van der Waals surface area contributed by atoms with Crippen molar-refractivity contribution in [2.75, 3.05) is 32.7 Å². The second kappa shape index (κ2) is 12.2. The summed E-state index contributed by atoms with van der Waals surface area (Å²) >= 11 is 0. The first-order chi connectivity index (χ1) is 13.3. The Morgan fingerprint density at radius 1 is 1.21 bits per heavy atom. The van der Waals surface area contributed by atoms with E-state index in [4.69, 9.17) is 4.99 Å². The highest BCUT2D eigenvalue weighted by atomic mass is 127. The van der Waals surface area contributed by atoms with Gasteiger partial charge in [-0.05, 0) is 44.9 Å². The summed E-state index contributed by atoms with van der Waals surface area (Å²) in [5.41, 5.74) is 0.886. The first-order valence-electron chi connectivity index (χ1n) is 10.4. The van der Waals surface area contributed by atoms with E-state index in [2.05, 4.69) is 39.6 Å². The maximum Gasteiger partial charge on any atom is 0.191 e. The van der Waals surface area contributed by atoms with Crippen molar-refractivity contribution in [3.05, 3.63) is 30.2 Å². The number of hydrogen-bond acceptors (Lipinski definition) is 4. The lowest BCUT2D eigenvalue weighted by atomic mass is 10.0. The Morgan fingerprint density at radius 2 is 2.04 bits per heavy atom. The number of hydrogen-bond donors (Lipinski definition) is 2. The molecule has 3 heterocycles. The van der Waals surface area contributed by atoms with E-state index in [-0.39, 0.29) is 24.0 Å². The largest absolute Gasteiger partial charge is 0.357 e. The van der Waals surface area contributed by atoms with Crippen molar-refractivity contribution in [1.29, 1.82) is 0 Å². The molecule has 1 fully saturated rings. The second-order valence-electron chi connectivity index (χ2n) is 7.17. The van der Waals surface area contributed by atoms with Gasteiger partial charge in [-0.3, -0.25) is 9.39 Å². The van der Waals surface area contributed by atoms with Crippen LogP contribution in [0.25, 0.3) is 5.65 Å². The minimum absolute atomic E-state index is 0. The molecule has 0 bridgehead atoms. The van der Waals surface area contributed by atoms with E-state index in [1.54, 1.807) is 0 Å². The lowest BCUT2D eigenvalue weighted by Crippen LogP contribution is -2.48. The molecule has 0 radical (unpaired) electrons. The van der Waals surface area contributed by atoms with E-state index in [0.29, 0.717) is 12.6 Å². The number of guanidine groups is 1. The van der Waals surface area contributed by atoms with Crippen LogP contribution in [0.3, 0.4) is 0 Å². The summed E-state index contributed by atoms with van der Waals surface area (Å²) in [6, 6.07) is 6.46. The Bertz CT molecular complexity index is 722. The van der Waals surface area contributed by atoms with Gasteiger partial charge in [0.25, 0.3) is 0 Å². The average Bonchev–Trinajstić information content (AvgIpc) is 3.11. The van der Waals surface area contributed by atoms with Crippen LogP contribution in [0.4, 0.5) is 0 Å². The quantitative estimate of drug-likeness (QED) is 0.332. The van der Waals surface area contributed by atoms with Gasteiger partial charge in [0.2, 0.25) is 0 Å². The third-order valence-electron chi connectivity index (χ3n) is 5.09. The van der Waals surface area contributed by atoms with Crippen LogP contribution in [-0.2, 0) is 6.42 Å². The van der Waals surface area contributed by atoms with Crippen LogP contribution in [0.1, 0.15) is 45.4 Å². The highest BCUT2D eigenvalue weighted by molar-refractivity contribution is 14.0. The number of halogens is 1. The monoisotopic (exact) mass is 499 g/mol. The zero-order valence-electron chi connectivity index (χ0n) is 17.1. The summed E-state index contributed by atoms with van der Waals surface area (Å²) < 4.78 is 2.03. The van der Waals surface area contributed by atoms with Crippen molar-refractivity contribution in [3.63, 3.8) is 0 Å². The first kappa shape index (κ1) is 22.9. The summed E-state index contributed by atoms with van der Waals surface area (Å²) in [5.74, 6) is 1.87. The molecule has 0 saturated carbocycles. The van der Waals surface area contributed by atoms with E-state index in [9.17, 15) is 0 Å². The Balaban J connectivity index is 0.00000280. The standard InChI is InChI=1S/C20H33N7.HI/c1-3-5-13-26-15-10-17(11-16-26)23-20(21-4-2)22-12-9-19-25-24-18-8-6-7-14-27(18)19;/h6-8,14,17H,3-5,9-13,15-16H2,1-2H3,(H2,21,22,23);1H. The fraction of sp³-hybridized carbons (Fsp3) is 0.650. The van der Waals surface area contributed by atoms with Crippen LogP contribution in [0.2, 0.25) is 0 Å². The number of rotatable bonds is 8. The lowest BCUT2D eigenvalue weighted by Gasteiger charge is -2.33. The van der Waals surface area contributed by atoms with Crippen LogP contribution < -0.4 is 10.6 Å². The third kappa shape index (κ3) is 6.58. The van der Waals surface area contributed by atoms with E-state index in [1.165, 1.54) is 45.3 Å². The van der Waals surface area contributed by atoms with Gasteiger partial charge >= 0.3 is 0 Å². The molecule has 156 valence electrons. The zero-order chi connectivity index (χ0) is 18.9. The molecule has 0 atom stereocenters. The molecular weight excluding hydrogens is 465 g/mol. The van der Waals surface area contributed by atoms with Crippen LogP contribution in [-0.4, -0.2) is 64.2 Å². The molecule has 8 heteroatoms. The highest BCUT2D eigenvalue weighted by Gasteiger charge is 2.19. The predicted molar refractivity (Wildman–Crippen MR) is 126 cm³/mol. The van der Waals surface area contributed by atoms with Gasteiger partial charge in [-0.2, -0.15) is 0 Å². The molecule has 0 spiro atoms. The zero-order valence-corrected chi connectivity index (χ0v) is 19.4. The van der Waals surface area contributed by atoms with Gasteiger partial charge in [-0.25, -0.2) is 0 Å². The number of piperidine rings is 1. The van der Waals surface area contributed by atoms with E-state index in [0.717, 1.165) is 30.4 Å². The number of aliphatic imine (C=N–C) groups is 1. The number of nitrogens with zero attached hydrogens (tertiary/aromatic N) is 5. The molecular formula is C20H34IN7. The number of likely N-dealkylation sites (tertiary alicyclic amines) is 1. The molecule has 0 aromatic carbocycles. The van der Waals surface area contributed by atoms with Crippen molar-refractivity contribution in [3.8, 4) is 0 Å². The number of aromatic nitrogens is 3. The van der Waals surface area contributed by atoms with Crippen molar-refractivity contribution >= 4 is 35.6 Å². The molecule has 1 aliphatic rings. The van der Waals surface area contributed by atoms with Gasteiger partial charge in [0.15, 0.2) is 11.6 Å². The van der Waals surface area contributed by atoms with Crippen LogP contribution in [0.15, 0.2) is 29.4 Å². The smallest absolute Gasteiger partial charge is 0.191 e. The summed E-state index contributed by atoms with van der Waals surface area (Å²) in [4.78, 5) is 7.34. The predicted octanol–water partition coefficient (Wildman–Crippen LogP) is 2.71. The normalized spacial score (nSPS) is 16.1. The summed E-state index contributed by atoms with van der Waals surface area (Å²) in [6.45, 7) is 9.54. The average molecular weight is 499 g/mol. The van der Waals surface area contributed by atoms with Crippen molar-refractivity contribution in [2.45, 2.75) is 52.0 Å². The highest BCUT2D eigenvalue weighted by Crippen LogP contribution is 2.11. The summed E-state index contributed by atoms with van der Waals surface area (Å²) in [5, 5.41) is 15.5. The molecule has 3 rings (SSSR count). The fourth-order valence-electron chi connectivity index (χ4n) is 3.53. The lowest BCUT2D eigenvalue weighted by molar-refractivity contribution is 0.203. The third-order valence-corrected chi connectivity index (χ3v) is 5.09. The molecule has 28 heavy (non-hydrogen) atoms. The van der Waals surface area contributed by atoms with Crippen molar-refractivity contribution in [1.82, 2.24) is 30.1 Å². The van der Waals surface area contributed by atoms with E-state index < -0.39 is 0 Å². The van der Waals surface area contributed by atoms with Gasteiger partial charge in [-0.15, -0.1) is 34.2 Å². The van der Waals surface area contributed by atoms with Crippen molar-refractivity contribution in [2.24, 2.45) is 4.99 Å². The Hall–Kier alpha value is -1.42. The molecule has 7 nitrogen and oxygen atoms in total. The molecule has 1 saturated heterocycles. The summed E-state index contributed by atoms with van der Waals surface area (Å²) in [6.07, 6.45) is 7.73. The minimum Gasteiger partial charge on any atom is -0.357 e. The molecule has 0 unspecified atom stereocenters. The minimum atomic E-state index is 0. The number of unbranched alkanes of at least 4 members (excludes halogenated alkanes) is 1. The molecule has 2 aromatic rings. The maximum atomic E-state index is 4.76. The molecule has 2 N–H and O–H groups in total. The molecule has 0 aliphatic carbocycles. The van der Waals surface area contributed by atoms with Crippen molar-refractivity contribution < 1.29 is 0 Å². The Morgan fingerprint density at radius 3 is 2.79 bits per heavy atom. The fourth-order valence-corrected chi connectivity index (χ4v) is 3.53. The van der Waals surface area contributed by atoms with Gasteiger partial charge < -0.3 is 15.5 Å². The summed E-state index contributed by atoms with van der Waals surface area (Å²) in [7, 11) is 0. The Labute approximate surface area is 185 Å². The number of nitrogens with one attached hydrogen (secondary N) is 2. The van der Waals surface area contributed by atoms with Gasteiger partial charge in [0, 0.05) is 44.8 Å². The Kier molecular flexibility index (Phi) is 9.97. The van der Waals surface area contributed by atoms with Gasteiger partial charge in [-0.1, -0.05) is 19.4 Å². The number of fused-ring (bicyclic) bond motifs is 1. The van der Waals surface area contributed by atoms with E-state index in [1.807, 2.05) is 28.8 Å². The molecule has 0 amide bonds. The van der Waals surface area contributed by atoms with Gasteiger partial charge in [0.05, 0.1) is 0 Å². The topological polar surface area (TPSA) is 69.8 Å². The first-order valence-corrected chi connectivity index (χ1v) is 10.4. The SMILES string of the molecule is CCCCN1CCC(NC(=NCCc2nnc3ccccn23)NCC)CC1.I. The second-order valence-corrected chi connectivity index (χ2v) is 7.17.